The van der Waals surface area contributed by atoms with E-state index in [4.69, 9.17) is 9.15 Å². The zero-order chi connectivity index (χ0) is 44.8. The van der Waals surface area contributed by atoms with E-state index in [1.54, 1.807) is 0 Å². The molecule has 2 aliphatic rings. The summed E-state index contributed by atoms with van der Waals surface area (Å²) in [4.78, 5) is 7.18. The van der Waals surface area contributed by atoms with Crippen molar-refractivity contribution in [2.45, 2.75) is 41.5 Å². The number of rotatable bonds is 7. The fourth-order valence-electron chi connectivity index (χ4n) is 10.1. The summed E-state index contributed by atoms with van der Waals surface area (Å²) in [6.07, 6.45) is 0. The lowest BCUT2D eigenvalue weighted by atomic mass is 9.34. The molecular weight excluding hydrogens is 805 g/mol. The Hall–Kier alpha value is -7.96. The summed E-state index contributed by atoms with van der Waals surface area (Å²) in [7, 11) is 0. The van der Waals surface area contributed by atoms with Crippen LogP contribution in [0, 0.1) is 41.5 Å². The molecule has 0 atom stereocenters. The third-order valence-electron chi connectivity index (χ3n) is 13.5. The molecule has 6 heteroatoms. The van der Waals surface area contributed by atoms with Gasteiger partial charge in [-0.2, -0.15) is 0 Å². The molecule has 0 fully saturated rings. The molecule has 12 rings (SSSR count). The first-order chi connectivity index (χ1) is 32.2. The summed E-state index contributed by atoms with van der Waals surface area (Å²) in [5.41, 5.74) is 21.7. The average molecular weight is 854 g/mol. The van der Waals surface area contributed by atoms with Crippen LogP contribution in [0.25, 0.3) is 21.9 Å². The second-order valence-corrected chi connectivity index (χ2v) is 18.3. The number of ether oxygens (including phenoxy) is 1. The molecule has 318 valence electrons. The Morgan fingerprint density at radius 2 is 0.939 bits per heavy atom. The van der Waals surface area contributed by atoms with Gasteiger partial charge in [-0.3, -0.25) is 0 Å². The van der Waals surface area contributed by atoms with E-state index < -0.39 is 0 Å². The summed E-state index contributed by atoms with van der Waals surface area (Å²) >= 11 is 0. The van der Waals surface area contributed by atoms with Crippen molar-refractivity contribution in [1.29, 1.82) is 0 Å². The van der Waals surface area contributed by atoms with E-state index in [1.807, 2.05) is 0 Å². The van der Waals surface area contributed by atoms with Crippen LogP contribution < -0.4 is 35.8 Å². The van der Waals surface area contributed by atoms with Gasteiger partial charge in [0.05, 0.1) is 11.1 Å². The summed E-state index contributed by atoms with van der Waals surface area (Å²) in [5.74, 6) is 1.62. The number of nitrogens with zero attached hydrogens (tertiary/aromatic N) is 3. The minimum absolute atomic E-state index is 0.189. The first kappa shape index (κ1) is 39.6. The van der Waals surface area contributed by atoms with E-state index in [0.717, 1.165) is 95.5 Å². The van der Waals surface area contributed by atoms with Gasteiger partial charge in [0.25, 0.3) is 6.71 Å². The predicted molar refractivity (Wildman–Crippen MR) is 277 cm³/mol. The number of hydrogen-bond donors (Lipinski definition) is 0. The summed E-state index contributed by atoms with van der Waals surface area (Å²) < 4.78 is 14.7. The molecule has 3 heterocycles. The van der Waals surface area contributed by atoms with Gasteiger partial charge in [-0.1, -0.05) is 124 Å². The highest BCUT2D eigenvalue weighted by Crippen LogP contribution is 2.52. The number of benzene rings is 9. The van der Waals surface area contributed by atoms with Crippen molar-refractivity contribution in [3.05, 3.63) is 215 Å². The number of hydrogen-bond acceptors (Lipinski definition) is 5. The van der Waals surface area contributed by atoms with Crippen molar-refractivity contribution >= 4 is 96.2 Å². The van der Waals surface area contributed by atoms with Crippen LogP contribution in [0.4, 0.5) is 51.2 Å². The zero-order valence-electron chi connectivity index (χ0n) is 38.1. The van der Waals surface area contributed by atoms with Crippen LogP contribution in [0.2, 0.25) is 0 Å². The van der Waals surface area contributed by atoms with E-state index >= 15 is 0 Å². The van der Waals surface area contributed by atoms with Gasteiger partial charge in [0.15, 0.2) is 0 Å². The zero-order valence-corrected chi connectivity index (χ0v) is 38.1. The smallest absolute Gasteiger partial charge is 0.256 e. The second-order valence-electron chi connectivity index (χ2n) is 18.3. The van der Waals surface area contributed by atoms with E-state index in [0.29, 0.717) is 0 Å². The number of furan rings is 1. The largest absolute Gasteiger partial charge is 0.456 e. The predicted octanol–water partition coefficient (Wildman–Crippen LogP) is 14.8. The fourth-order valence-corrected chi connectivity index (χ4v) is 10.1. The Kier molecular flexibility index (Phi) is 9.21. The quantitative estimate of drug-likeness (QED) is 0.149. The maximum atomic E-state index is 7.77. The van der Waals surface area contributed by atoms with Gasteiger partial charge in [0.2, 0.25) is 0 Å². The molecular formula is C60H48BN3O2. The van der Waals surface area contributed by atoms with Crippen LogP contribution in [0.3, 0.4) is 0 Å². The highest BCUT2D eigenvalue weighted by Gasteiger charge is 2.45. The highest BCUT2D eigenvalue weighted by atomic mass is 16.5. The molecule has 5 nitrogen and oxygen atoms in total. The minimum Gasteiger partial charge on any atom is -0.456 e. The van der Waals surface area contributed by atoms with Gasteiger partial charge in [-0.15, -0.1) is 0 Å². The molecule has 0 radical (unpaired) electrons. The molecule has 0 N–H and O–H groups in total. The van der Waals surface area contributed by atoms with Crippen LogP contribution in [0.5, 0.6) is 11.5 Å². The van der Waals surface area contributed by atoms with Gasteiger partial charge in [0.1, 0.15) is 28.4 Å². The molecule has 2 aliphatic heterocycles. The van der Waals surface area contributed by atoms with Gasteiger partial charge in [-0.05, 0) is 143 Å². The number of aryl methyl sites for hydroxylation is 6. The average Bonchev–Trinajstić information content (AvgIpc) is 3.70. The first-order valence-electron chi connectivity index (χ1n) is 22.8. The van der Waals surface area contributed by atoms with E-state index in [1.165, 1.54) is 38.8 Å². The van der Waals surface area contributed by atoms with E-state index in [9.17, 15) is 0 Å². The molecule has 9 aromatic carbocycles. The maximum absolute atomic E-state index is 7.77. The number of anilines is 9. The van der Waals surface area contributed by atoms with Gasteiger partial charge in [-0.25, -0.2) is 0 Å². The molecule has 66 heavy (non-hydrogen) atoms. The maximum Gasteiger partial charge on any atom is 0.256 e. The normalized spacial score (nSPS) is 12.5. The van der Waals surface area contributed by atoms with Crippen molar-refractivity contribution in [2.75, 3.05) is 14.7 Å². The summed E-state index contributed by atoms with van der Waals surface area (Å²) in [6, 6.07) is 66.4. The van der Waals surface area contributed by atoms with Crippen molar-refractivity contribution in [1.82, 2.24) is 0 Å². The lowest BCUT2D eigenvalue weighted by Gasteiger charge is -2.42. The van der Waals surface area contributed by atoms with Crippen LogP contribution in [-0.2, 0) is 0 Å². The van der Waals surface area contributed by atoms with Crippen molar-refractivity contribution in [2.24, 2.45) is 0 Å². The van der Waals surface area contributed by atoms with Crippen molar-refractivity contribution in [3.8, 4) is 11.5 Å². The SMILES string of the molecule is Cc1ccc(N(c2ccc(C)cc2)c2cc3c4c(c2)N(c2ccc(C)cc2)c2ccc(C)cc2B4c2cc4oc5ccccc5c4c(N(c4ccc(C)cc4)c4ccc(C)cc4)c2O3)cc1. The van der Waals surface area contributed by atoms with Crippen LogP contribution in [0.1, 0.15) is 33.4 Å². The summed E-state index contributed by atoms with van der Waals surface area (Å²) in [6.45, 7) is 12.7. The number of fused-ring (bicyclic) bond motifs is 7. The molecule has 1 aromatic heterocycles. The Morgan fingerprint density at radius 3 is 1.52 bits per heavy atom. The fraction of sp³-hybridized carbons (Fsp3) is 0.100. The Labute approximate surface area is 386 Å². The first-order valence-corrected chi connectivity index (χ1v) is 22.8. The monoisotopic (exact) mass is 853 g/mol. The second kappa shape index (κ2) is 15.3. The highest BCUT2D eigenvalue weighted by molar-refractivity contribution is 6.99. The van der Waals surface area contributed by atoms with Crippen LogP contribution >= 0.6 is 0 Å². The third kappa shape index (κ3) is 6.47. The lowest BCUT2D eigenvalue weighted by molar-refractivity contribution is 0.489. The molecule has 0 spiro atoms. The third-order valence-corrected chi connectivity index (χ3v) is 13.5. The van der Waals surface area contributed by atoms with Crippen LogP contribution in [0.15, 0.2) is 186 Å². The number of para-hydroxylation sites is 1. The van der Waals surface area contributed by atoms with Crippen molar-refractivity contribution < 1.29 is 9.15 Å². The Morgan fingerprint density at radius 1 is 0.424 bits per heavy atom. The molecule has 0 aliphatic carbocycles. The van der Waals surface area contributed by atoms with E-state index in [-0.39, 0.29) is 6.71 Å². The molecule has 0 bridgehead atoms. The molecule has 10 aromatic rings. The van der Waals surface area contributed by atoms with Gasteiger partial charge in [0, 0.05) is 51.3 Å². The van der Waals surface area contributed by atoms with Gasteiger partial charge < -0.3 is 23.9 Å². The topological polar surface area (TPSA) is 32.1 Å². The standard InChI is InChI=1S/C60H48BN3O2/c1-37-11-22-43(23-12-37)62(44-24-13-38(2)14-25-44)48-34-53-58-56(35-48)66-60-51(61(58)50-33-42(6)21-32-52(50)64(53)47-30-19-41(5)20-31-47)36-55-57(49-9-7-8-10-54(49)65-55)59(60)63(45-26-15-39(3)16-27-45)46-28-17-40(4)18-29-46/h7-36H,1-6H3. The molecule has 0 amide bonds. The Balaban J connectivity index is 1.21. The van der Waals surface area contributed by atoms with Crippen molar-refractivity contribution in [3.63, 3.8) is 0 Å². The Bertz CT molecular complexity index is 3410. The molecule has 0 saturated carbocycles. The van der Waals surface area contributed by atoms with E-state index in [2.05, 4.69) is 238 Å². The molecule has 0 unspecified atom stereocenters. The summed E-state index contributed by atoms with van der Waals surface area (Å²) in [5, 5.41) is 2.04. The van der Waals surface area contributed by atoms with Crippen LogP contribution in [-0.4, -0.2) is 6.71 Å². The lowest BCUT2D eigenvalue weighted by Crippen LogP contribution is -2.59. The molecule has 0 saturated heterocycles. The van der Waals surface area contributed by atoms with Gasteiger partial charge >= 0.3 is 0 Å². The minimum atomic E-state index is -0.189.